The molecule has 0 spiro atoms. The topological polar surface area (TPSA) is 84.0 Å². The first-order chi connectivity index (χ1) is 9.97. The first kappa shape index (κ1) is 15.4. The van der Waals surface area contributed by atoms with Gasteiger partial charge in [-0.15, -0.1) is 21.5 Å². The van der Waals surface area contributed by atoms with Crippen molar-refractivity contribution < 1.29 is 18.4 Å². The molecule has 1 atom stereocenters. The second-order valence-electron chi connectivity index (χ2n) is 3.91. The maximum Gasteiger partial charge on any atom is 0.291 e. The first-order valence-corrected chi connectivity index (χ1v) is 7.43. The fourth-order valence-electron chi connectivity index (χ4n) is 1.33. The summed E-state index contributed by atoms with van der Waals surface area (Å²) in [5, 5.41) is 12.7. The third kappa shape index (κ3) is 4.02. The molecule has 0 saturated heterocycles. The van der Waals surface area contributed by atoms with Crippen LogP contribution in [0.2, 0.25) is 0 Å². The zero-order valence-corrected chi connectivity index (χ0v) is 12.3. The van der Waals surface area contributed by atoms with E-state index in [-0.39, 0.29) is 11.0 Å². The highest BCUT2D eigenvalue weighted by atomic mass is 32.1. The van der Waals surface area contributed by atoms with E-state index in [1.54, 1.807) is 17.5 Å². The van der Waals surface area contributed by atoms with Gasteiger partial charge in [-0.1, -0.05) is 17.4 Å². The van der Waals surface area contributed by atoms with Crippen LogP contribution in [-0.2, 0) is 4.79 Å². The summed E-state index contributed by atoms with van der Waals surface area (Å²) in [6.07, 6.45) is -2.73. The molecule has 0 bridgehead atoms. The fourth-order valence-corrected chi connectivity index (χ4v) is 2.56. The number of amides is 2. The van der Waals surface area contributed by atoms with Gasteiger partial charge >= 0.3 is 0 Å². The Bertz CT molecular complexity index is 630. The van der Waals surface area contributed by atoms with Crippen molar-refractivity contribution in [1.82, 2.24) is 15.5 Å². The van der Waals surface area contributed by atoms with Crippen molar-refractivity contribution in [1.29, 1.82) is 0 Å². The minimum absolute atomic E-state index is 0.0347. The van der Waals surface area contributed by atoms with Crippen LogP contribution < -0.4 is 10.6 Å². The summed E-state index contributed by atoms with van der Waals surface area (Å²) in [7, 11) is 0. The summed E-state index contributed by atoms with van der Waals surface area (Å²) in [6.45, 7) is 1.48. The van der Waals surface area contributed by atoms with Crippen LogP contribution in [0, 0.1) is 0 Å². The van der Waals surface area contributed by atoms with E-state index in [1.165, 1.54) is 18.3 Å². The molecule has 2 aromatic heterocycles. The number of alkyl halides is 2. The van der Waals surface area contributed by atoms with Gasteiger partial charge in [0, 0.05) is 0 Å². The van der Waals surface area contributed by atoms with Crippen LogP contribution >= 0.6 is 22.7 Å². The van der Waals surface area contributed by atoms with Crippen LogP contribution in [0.3, 0.4) is 0 Å². The molecule has 0 aliphatic heterocycles. The van der Waals surface area contributed by atoms with Crippen molar-refractivity contribution in [3.63, 3.8) is 0 Å². The number of hydrogen-bond acceptors (Lipinski definition) is 6. The van der Waals surface area contributed by atoms with Crippen LogP contribution in [0.15, 0.2) is 17.5 Å². The lowest BCUT2D eigenvalue weighted by molar-refractivity contribution is -0.117. The average Bonchev–Trinajstić information content (AvgIpc) is 3.09. The van der Waals surface area contributed by atoms with Crippen LogP contribution in [-0.4, -0.2) is 28.1 Å². The minimum atomic E-state index is -2.73. The van der Waals surface area contributed by atoms with Gasteiger partial charge in [-0.25, -0.2) is 8.78 Å². The van der Waals surface area contributed by atoms with Gasteiger partial charge in [-0.3, -0.25) is 14.9 Å². The van der Waals surface area contributed by atoms with Gasteiger partial charge < -0.3 is 5.32 Å². The first-order valence-electron chi connectivity index (χ1n) is 5.74. The molecular weight excluding hydrogens is 322 g/mol. The SMILES string of the molecule is C[C@@H](NC(=O)c1cccs1)C(=O)Nc1nnc(C(F)F)s1. The van der Waals surface area contributed by atoms with E-state index < -0.39 is 23.4 Å². The summed E-state index contributed by atoms with van der Waals surface area (Å²) < 4.78 is 24.7. The molecule has 0 saturated carbocycles. The van der Waals surface area contributed by atoms with Gasteiger partial charge in [0.15, 0.2) is 5.01 Å². The van der Waals surface area contributed by atoms with Gasteiger partial charge in [0.1, 0.15) is 6.04 Å². The number of halogens is 2. The Labute approximate surface area is 126 Å². The molecule has 112 valence electrons. The van der Waals surface area contributed by atoms with Gasteiger partial charge in [-0.05, 0) is 18.4 Å². The largest absolute Gasteiger partial charge is 0.340 e. The highest BCUT2D eigenvalue weighted by Gasteiger charge is 2.20. The molecule has 0 aromatic carbocycles. The normalized spacial score (nSPS) is 12.2. The van der Waals surface area contributed by atoms with Crippen molar-refractivity contribution in [2.24, 2.45) is 0 Å². The predicted octanol–water partition coefficient (Wildman–Crippen LogP) is 2.29. The Morgan fingerprint density at radius 3 is 2.67 bits per heavy atom. The van der Waals surface area contributed by atoms with Gasteiger partial charge in [-0.2, -0.15) is 0 Å². The third-order valence-electron chi connectivity index (χ3n) is 2.34. The highest BCUT2D eigenvalue weighted by molar-refractivity contribution is 7.15. The lowest BCUT2D eigenvalue weighted by atomic mass is 10.3. The molecule has 0 fully saturated rings. The zero-order chi connectivity index (χ0) is 15.4. The zero-order valence-electron chi connectivity index (χ0n) is 10.7. The molecule has 2 rings (SSSR count). The lowest BCUT2D eigenvalue weighted by Gasteiger charge is -2.11. The summed E-state index contributed by atoms with van der Waals surface area (Å²) >= 11 is 1.84. The van der Waals surface area contributed by atoms with E-state index >= 15 is 0 Å². The monoisotopic (exact) mass is 332 g/mol. The maximum absolute atomic E-state index is 12.3. The Balaban J connectivity index is 1.91. The van der Waals surface area contributed by atoms with Crippen LogP contribution in [0.1, 0.15) is 28.0 Å². The number of thiophene rings is 1. The van der Waals surface area contributed by atoms with E-state index in [4.69, 9.17) is 0 Å². The molecule has 21 heavy (non-hydrogen) atoms. The van der Waals surface area contributed by atoms with E-state index in [9.17, 15) is 18.4 Å². The van der Waals surface area contributed by atoms with E-state index in [0.717, 1.165) is 0 Å². The van der Waals surface area contributed by atoms with E-state index in [0.29, 0.717) is 16.2 Å². The number of hydrogen-bond donors (Lipinski definition) is 2. The molecule has 10 heteroatoms. The second kappa shape index (κ2) is 6.68. The Morgan fingerprint density at radius 2 is 2.10 bits per heavy atom. The van der Waals surface area contributed by atoms with E-state index in [1.807, 2.05) is 0 Å². The maximum atomic E-state index is 12.3. The molecule has 0 radical (unpaired) electrons. The quantitative estimate of drug-likeness (QED) is 0.880. The van der Waals surface area contributed by atoms with Crippen molar-refractivity contribution in [3.8, 4) is 0 Å². The van der Waals surface area contributed by atoms with Crippen molar-refractivity contribution in [3.05, 3.63) is 27.4 Å². The number of carbonyl (C=O) groups is 2. The summed E-state index contributed by atoms with van der Waals surface area (Å²) in [6, 6.07) is 2.51. The molecule has 0 aliphatic rings. The van der Waals surface area contributed by atoms with Gasteiger partial charge in [0.05, 0.1) is 4.88 Å². The molecule has 0 aliphatic carbocycles. The minimum Gasteiger partial charge on any atom is -0.340 e. The molecule has 2 N–H and O–H groups in total. The van der Waals surface area contributed by atoms with Crippen molar-refractivity contribution >= 4 is 39.6 Å². The number of anilines is 1. The number of carbonyl (C=O) groups excluding carboxylic acids is 2. The van der Waals surface area contributed by atoms with Crippen molar-refractivity contribution in [2.45, 2.75) is 19.4 Å². The Hall–Kier alpha value is -1.94. The van der Waals surface area contributed by atoms with E-state index in [2.05, 4.69) is 20.8 Å². The number of rotatable bonds is 5. The Morgan fingerprint density at radius 1 is 1.33 bits per heavy atom. The fraction of sp³-hybridized carbons (Fsp3) is 0.273. The highest BCUT2D eigenvalue weighted by Crippen LogP contribution is 2.25. The van der Waals surface area contributed by atoms with Gasteiger partial charge in [0.25, 0.3) is 12.3 Å². The molecular formula is C11H10F2N4O2S2. The summed E-state index contributed by atoms with van der Waals surface area (Å²) in [5.41, 5.74) is 0. The van der Waals surface area contributed by atoms with Crippen molar-refractivity contribution in [2.75, 3.05) is 5.32 Å². The predicted molar refractivity (Wildman–Crippen MR) is 74.7 cm³/mol. The number of nitrogens with zero attached hydrogens (tertiary/aromatic N) is 2. The number of nitrogens with one attached hydrogen (secondary N) is 2. The van der Waals surface area contributed by atoms with Crippen LogP contribution in [0.25, 0.3) is 0 Å². The number of aromatic nitrogens is 2. The molecule has 2 heterocycles. The standard InChI is InChI=1S/C11H10F2N4O2S2/c1-5(14-9(19)6-3-2-4-20-6)8(18)15-11-17-16-10(21-11)7(12)13/h2-5,7H,1H3,(H,14,19)(H,15,17,18)/t5-/m1/s1. The Kier molecular flexibility index (Phi) is 4.91. The smallest absolute Gasteiger partial charge is 0.291 e. The summed E-state index contributed by atoms with van der Waals surface area (Å²) in [4.78, 5) is 24.1. The van der Waals surface area contributed by atoms with Crippen LogP contribution in [0.5, 0.6) is 0 Å². The molecule has 2 amide bonds. The third-order valence-corrected chi connectivity index (χ3v) is 4.06. The lowest BCUT2D eigenvalue weighted by Crippen LogP contribution is -2.41. The molecule has 2 aromatic rings. The summed E-state index contributed by atoms with van der Waals surface area (Å²) in [5.74, 6) is -0.935. The van der Waals surface area contributed by atoms with Crippen LogP contribution in [0.4, 0.5) is 13.9 Å². The molecule has 0 unspecified atom stereocenters. The molecule has 6 nitrogen and oxygen atoms in total. The second-order valence-corrected chi connectivity index (χ2v) is 5.86. The van der Waals surface area contributed by atoms with Gasteiger partial charge in [0.2, 0.25) is 11.0 Å². The average molecular weight is 332 g/mol.